The van der Waals surface area contributed by atoms with Crippen molar-refractivity contribution in [3.05, 3.63) is 108 Å². The van der Waals surface area contributed by atoms with Crippen LogP contribution >= 0.6 is 0 Å². The quantitative estimate of drug-likeness (QED) is 0.283. The maximum atomic E-state index is 13.2. The summed E-state index contributed by atoms with van der Waals surface area (Å²) in [5.74, 6) is -0.706. The van der Waals surface area contributed by atoms with Crippen molar-refractivity contribution in [1.29, 1.82) is 0 Å². The zero-order valence-electron chi connectivity index (χ0n) is 23.6. The molecule has 0 spiro atoms. The number of nitrogens with zero attached hydrogens (tertiary/aromatic N) is 1. The number of amides is 1. The highest BCUT2D eigenvalue weighted by Crippen LogP contribution is 2.38. The minimum Gasteiger partial charge on any atom is -0.444 e. The Bertz CT molecular complexity index is 1200. The molecule has 212 valence electrons. The maximum Gasteiger partial charge on any atom is 0.410 e. The highest BCUT2D eigenvalue weighted by atomic mass is 16.6. The summed E-state index contributed by atoms with van der Waals surface area (Å²) in [6.45, 7) is 6.31. The van der Waals surface area contributed by atoms with E-state index in [0.717, 1.165) is 23.0 Å². The number of ether oxygens (including phenoxy) is 4. The van der Waals surface area contributed by atoms with Crippen LogP contribution in [0.4, 0.5) is 4.79 Å². The molecule has 7 heteroatoms. The highest BCUT2D eigenvalue weighted by molar-refractivity contribution is 5.70. The third kappa shape index (κ3) is 7.78. The summed E-state index contributed by atoms with van der Waals surface area (Å²) in [5.41, 5.74) is 2.23. The summed E-state index contributed by atoms with van der Waals surface area (Å²) >= 11 is 0. The molecular weight excluding hydrogens is 506 g/mol. The van der Waals surface area contributed by atoms with E-state index in [9.17, 15) is 9.59 Å². The van der Waals surface area contributed by atoms with Gasteiger partial charge in [-0.25, -0.2) is 4.79 Å². The Morgan fingerprint density at radius 1 is 0.700 bits per heavy atom. The van der Waals surface area contributed by atoms with E-state index in [4.69, 9.17) is 18.9 Å². The average molecular weight is 546 g/mol. The Balaban J connectivity index is 1.67. The topological polar surface area (TPSA) is 74.3 Å². The number of aldehydes is 1. The Labute approximate surface area is 237 Å². The molecule has 0 saturated heterocycles. The molecule has 0 unspecified atom stereocenters. The van der Waals surface area contributed by atoms with Gasteiger partial charge in [-0.05, 0) is 37.5 Å². The third-order valence-corrected chi connectivity index (χ3v) is 6.90. The molecule has 4 rings (SSSR count). The summed E-state index contributed by atoms with van der Waals surface area (Å²) < 4.78 is 25.1. The van der Waals surface area contributed by atoms with Gasteiger partial charge < -0.3 is 28.6 Å². The van der Waals surface area contributed by atoms with E-state index >= 15 is 0 Å². The monoisotopic (exact) mass is 545 g/mol. The maximum absolute atomic E-state index is 13.2. The van der Waals surface area contributed by atoms with E-state index in [1.807, 2.05) is 112 Å². The van der Waals surface area contributed by atoms with Crippen molar-refractivity contribution in [1.82, 2.24) is 4.90 Å². The Hall–Kier alpha value is -3.52. The van der Waals surface area contributed by atoms with Gasteiger partial charge in [0, 0.05) is 7.05 Å². The Kier molecular flexibility index (Phi) is 10.1. The fourth-order valence-electron chi connectivity index (χ4n) is 4.99. The number of carbonyl (C=O) groups is 2. The van der Waals surface area contributed by atoms with Gasteiger partial charge in [-0.1, -0.05) is 91.0 Å². The standard InChI is InChI=1S/C33H39NO6/c1-33(2,3)40-32(36)34(4)28-27(20-35)29(37-21-24-14-8-5-9-15-24)31(39-23-26-18-12-7-13-19-26)30(28)38-22-25-16-10-6-11-17-25/h5-20,27-31H,21-23H2,1-4H3/t27-,28-,29+,30+,31-/m0/s1. The summed E-state index contributed by atoms with van der Waals surface area (Å²) in [6.07, 6.45) is -1.62. The lowest BCUT2D eigenvalue weighted by molar-refractivity contribution is -0.134. The van der Waals surface area contributed by atoms with Crippen molar-refractivity contribution in [2.45, 2.75) is 70.5 Å². The molecule has 1 saturated carbocycles. The first-order chi connectivity index (χ1) is 19.3. The van der Waals surface area contributed by atoms with E-state index in [-0.39, 0.29) is 13.2 Å². The van der Waals surface area contributed by atoms with Crippen molar-refractivity contribution in [2.24, 2.45) is 5.92 Å². The van der Waals surface area contributed by atoms with Gasteiger partial charge in [0.1, 0.15) is 24.1 Å². The second kappa shape index (κ2) is 13.7. The number of carbonyl (C=O) groups excluding carboxylic acids is 2. The third-order valence-electron chi connectivity index (χ3n) is 6.90. The molecule has 0 bridgehead atoms. The van der Waals surface area contributed by atoms with Gasteiger partial charge in [0.15, 0.2) is 0 Å². The molecule has 1 amide bonds. The van der Waals surface area contributed by atoms with Crippen molar-refractivity contribution >= 4 is 12.4 Å². The lowest BCUT2D eigenvalue weighted by Gasteiger charge is -2.34. The first kappa shape index (κ1) is 29.5. The van der Waals surface area contributed by atoms with Crippen molar-refractivity contribution in [3.63, 3.8) is 0 Å². The summed E-state index contributed by atoms with van der Waals surface area (Å²) in [6, 6.07) is 28.7. The second-order valence-corrected chi connectivity index (χ2v) is 11.1. The summed E-state index contributed by atoms with van der Waals surface area (Å²) in [7, 11) is 1.64. The van der Waals surface area contributed by atoms with Crippen LogP contribution in [0.1, 0.15) is 37.5 Å². The molecule has 0 radical (unpaired) electrons. The molecule has 40 heavy (non-hydrogen) atoms. The van der Waals surface area contributed by atoms with E-state index < -0.39 is 42.0 Å². The minimum absolute atomic E-state index is 0.284. The zero-order chi connectivity index (χ0) is 28.5. The van der Waals surface area contributed by atoms with Crippen LogP contribution in [0.25, 0.3) is 0 Å². The molecule has 1 aliphatic rings. The Morgan fingerprint density at radius 3 is 1.50 bits per heavy atom. The van der Waals surface area contributed by atoms with Crippen LogP contribution in [0, 0.1) is 5.92 Å². The van der Waals surface area contributed by atoms with Gasteiger partial charge >= 0.3 is 6.09 Å². The van der Waals surface area contributed by atoms with Crippen LogP contribution in [0.15, 0.2) is 91.0 Å². The predicted molar refractivity (Wildman–Crippen MR) is 152 cm³/mol. The number of likely N-dealkylation sites (N-methyl/N-ethyl adjacent to an activating group) is 1. The molecule has 0 heterocycles. The van der Waals surface area contributed by atoms with E-state index in [0.29, 0.717) is 6.61 Å². The first-order valence-electron chi connectivity index (χ1n) is 13.6. The van der Waals surface area contributed by atoms with Crippen molar-refractivity contribution < 1.29 is 28.5 Å². The normalized spacial score (nSPS) is 22.6. The minimum atomic E-state index is -0.706. The molecule has 1 aliphatic carbocycles. The van der Waals surface area contributed by atoms with Crippen LogP contribution in [-0.2, 0) is 43.6 Å². The van der Waals surface area contributed by atoms with Gasteiger partial charge in [0.2, 0.25) is 0 Å². The number of hydrogen-bond donors (Lipinski definition) is 0. The van der Waals surface area contributed by atoms with E-state index in [2.05, 4.69) is 0 Å². The fraction of sp³-hybridized carbons (Fsp3) is 0.394. The average Bonchev–Trinajstić information content (AvgIpc) is 3.26. The van der Waals surface area contributed by atoms with Gasteiger partial charge in [-0.3, -0.25) is 0 Å². The smallest absolute Gasteiger partial charge is 0.410 e. The summed E-state index contributed by atoms with van der Waals surface area (Å²) in [4.78, 5) is 27.4. The van der Waals surface area contributed by atoms with E-state index in [1.165, 1.54) is 4.90 Å². The Morgan fingerprint density at radius 2 is 1.10 bits per heavy atom. The molecule has 1 fully saturated rings. The van der Waals surface area contributed by atoms with Crippen LogP contribution in [-0.4, -0.2) is 54.3 Å². The van der Waals surface area contributed by atoms with Gasteiger partial charge in [-0.15, -0.1) is 0 Å². The first-order valence-corrected chi connectivity index (χ1v) is 13.6. The summed E-state index contributed by atoms with van der Waals surface area (Å²) in [5, 5.41) is 0. The van der Waals surface area contributed by atoms with E-state index in [1.54, 1.807) is 7.05 Å². The fourth-order valence-corrected chi connectivity index (χ4v) is 4.99. The molecule has 3 aromatic carbocycles. The predicted octanol–water partition coefficient (Wildman–Crippen LogP) is 5.81. The zero-order valence-corrected chi connectivity index (χ0v) is 23.6. The van der Waals surface area contributed by atoms with Crippen LogP contribution in [0.3, 0.4) is 0 Å². The van der Waals surface area contributed by atoms with Crippen molar-refractivity contribution in [3.8, 4) is 0 Å². The number of hydrogen-bond acceptors (Lipinski definition) is 6. The molecular formula is C33H39NO6. The van der Waals surface area contributed by atoms with Gasteiger partial charge in [0.25, 0.3) is 0 Å². The van der Waals surface area contributed by atoms with Crippen molar-refractivity contribution in [2.75, 3.05) is 7.05 Å². The second-order valence-electron chi connectivity index (χ2n) is 11.1. The molecule has 0 aliphatic heterocycles. The largest absolute Gasteiger partial charge is 0.444 e. The van der Waals surface area contributed by atoms with Crippen LogP contribution in [0.2, 0.25) is 0 Å². The SMILES string of the molecule is CN(C(=O)OC(C)(C)C)[C@H]1[C@H](C=O)[C@@H](OCc2ccccc2)[C@H](OCc2ccccc2)[C@@H]1OCc1ccccc1. The molecule has 3 aromatic rings. The molecule has 0 N–H and O–H groups in total. The molecule has 0 aromatic heterocycles. The molecule has 7 nitrogen and oxygen atoms in total. The molecule has 5 atom stereocenters. The number of benzene rings is 3. The number of rotatable bonds is 11. The van der Waals surface area contributed by atoms with Gasteiger partial charge in [-0.2, -0.15) is 0 Å². The lowest BCUT2D eigenvalue weighted by Crippen LogP contribution is -2.50. The van der Waals surface area contributed by atoms with Crippen LogP contribution < -0.4 is 0 Å². The lowest BCUT2D eigenvalue weighted by atomic mass is 10.0. The van der Waals surface area contributed by atoms with Gasteiger partial charge in [0.05, 0.1) is 37.9 Å². The van der Waals surface area contributed by atoms with Crippen LogP contribution in [0.5, 0.6) is 0 Å². The highest BCUT2D eigenvalue weighted by Gasteiger charge is 2.56.